The van der Waals surface area contributed by atoms with Crippen molar-refractivity contribution in [2.75, 3.05) is 11.9 Å². The van der Waals surface area contributed by atoms with Gasteiger partial charge in [0.25, 0.3) is 17.4 Å². The third-order valence-electron chi connectivity index (χ3n) is 6.03. The summed E-state index contributed by atoms with van der Waals surface area (Å²) in [5.41, 5.74) is 2.97. The van der Waals surface area contributed by atoms with Crippen molar-refractivity contribution >= 4 is 23.2 Å². The number of fused-ring (bicyclic) bond motifs is 1. The molecule has 160 valence electrons. The topological polar surface area (TPSA) is 93.0 Å². The number of hydrogen-bond acceptors (Lipinski definition) is 5. The lowest BCUT2D eigenvalue weighted by Gasteiger charge is -2.31. The average molecular weight is 420 g/mol. The summed E-state index contributed by atoms with van der Waals surface area (Å²) in [5.74, 6) is -0.504. The Morgan fingerprint density at radius 3 is 2.65 bits per heavy atom. The average Bonchev–Trinajstić information content (AvgIpc) is 3.53. The molecule has 0 radical (unpaired) electrons. The van der Waals surface area contributed by atoms with Crippen LogP contribution >= 0.6 is 0 Å². The number of nitrogens with zero attached hydrogens (tertiary/aromatic N) is 3. The number of benzene rings is 1. The number of carbonyl (C=O) groups is 2. The number of rotatable bonds is 4. The minimum Gasteiger partial charge on any atom is -0.382 e. The minimum atomic E-state index is -0.586. The van der Waals surface area contributed by atoms with Gasteiger partial charge in [0, 0.05) is 37.4 Å². The molecule has 3 heterocycles. The lowest BCUT2D eigenvalue weighted by atomic mass is 9.95. The second-order valence-electron chi connectivity index (χ2n) is 8.41. The predicted molar refractivity (Wildman–Crippen MR) is 115 cm³/mol. The Morgan fingerprint density at radius 2 is 1.97 bits per heavy atom. The Balaban J connectivity index is 1.46. The molecule has 1 aromatic carbocycles. The summed E-state index contributed by atoms with van der Waals surface area (Å²) < 4.78 is 1.67. The number of amides is 2. The predicted octanol–water partition coefficient (Wildman–Crippen LogP) is 2.49. The van der Waals surface area contributed by atoms with Crippen LogP contribution in [0.15, 0.2) is 46.5 Å². The first kappa shape index (κ1) is 19.5. The smallest absolute Gasteiger partial charge is 0.267 e. The van der Waals surface area contributed by atoms with Gasteiger partial charge in [-0.2, -0.15) is 0 Å². The van der Waals surface area contributed by atoms with Gasteiger partial charge < -0.3 is 19.6 Å². The molecular weight excluding hydrogens is 396 g/mol. The SMILES string of the molecule is CC1=NOC(C(=O)N2CCc3c(cn(C4CC4)c(=O)c3C(=O)Nc3ccccc3)C2)C1. The first-order chi connectivity index (χ1) is 15.0. The molecule has 3 aliphatic rings. The maximum Gasteiger partial charge on any atom is 0.267 e. The van der Waals surface area contributed by atoms with Crippen LogP contribution in [0.4, 0.5) is 5.69 Å². The van der Waals surface area contributed by atoms with Crippen LogP contribution in [0.5, 0.6) is 0 Å². The highest BCUT2D eigenvalue weighted by Crippen LogP contribution is 2.35. The summed E-state index contributed by atoms with van der Waals surface area (Å²) in [6.07, 6.45) is 4.05. The van der Waals surface area contributed by atoms with Gasteiger partial charge in [-0.3, -0.25) is 14.4 Å². The van der Waals surface area contributed by atoms with Gasteiger partial charge in [-0.25, -0.2) is 0 Å². The fraction of sp³-hybridized carbons (Fsp3) is 0.391. The van der Waals surface area contributed by atoms with Crippen LogP contribution in [0.1, 0.15) is 53.7 Å². The molecule has 1 aromatic heterocycles. The Hall–Kier alpha value is -3.42. The second-order valence-corrected chi connectivity index (χ2v) is 8.41. The van der Waals surface area contributed by atoms with E-state index < -0.39 is 12.0 Å². The summed E-state index contributed by atoms with van der Waals surface area (Å²) in [6, 6.07) is 9.24. The van der Waals surface area contributed by atoms with Crippen molar-refractivity contribution in [2.45, 2.75) is 51.3 Å². The summed E-state index contributed by atoms with van der Waals surface area (Å²) in [7, 11) is 0. The minimum absolute atomic E-state index is 0.106. The van der Waals surface area contributed by atoms with Gasteiger partial charge in [0.15, 0.2) is 0 Å². The van der Waals surface area contributed by atoms with Gasteiger partial charge in [-0.05, 0) is 49.4 Å². The van der Waals surface area contributed by atoms with E-state index in [0.29, 0.717) is 31.6 Å². The number of hydrogen-bond donors (Lipinski definition) is 1. The third-order valence-corrected chi connectivity index (χ3v) is 6.03. The van der Waals surface area contributed by atoms with Crippen molar-refractivity contribution < 1.29 is 14.4 Å². The number of para-hydroxylation sites is 1. The number of carbonyl (C=O) groups excluding carboxylic acids is 2. The molecule has 0 saturated heterocycles. The van der Waals surface area contributed by atoms with Crippen LogP contribution in [0, 0.1) is 0 Å². The number of nitrogens with one attached hydrogen (secondary N) is 1. The maximum absolute atomic E-state index is 13.2. The molecule has 0 spiro atoms. The van der Waals surface area contributed by atoms with E-state index in [2.05, 4.69) is 10.5 Å². The highest BCUT2D eigenvalue weighted by Gasteiger charge is 2.35. The van der Waals surface area contributed by atoms with Gasteiger partial charge in [-0.1, -0.05) is 23.4 Å². The standard InChI is InChI=1S/C23H24N4O4/c1-14-11-19(31-25-14)22(29)26-10-9-18-15(12-26)13-27(17-7-8-17)23(30)20(18)21(28)24-16-5-3-2-4-6-16/h2-6,13,17,19H,7-12H2,1H3,(H,24,28). The molecule has 8 heteroatoms. The first-order valence-electron chi connectivity index (χ1n) is 10.6. The molecule has 1 atom stereocenters. The monoisotopic (exact) mass is 420 g/mol. The summed E-state index contributed by atoms with van der Waals surface area (Å²) >= 11 is 0. The Bertz CT molecular complexity index is 1130. The molecule has 1 aliphatic carbocycles. The lowest BCUT2D eigenvalue weighted by Crippen LogP contribution is -2.44. The highest BCUT2D eigenvalue weighted by molar-refractivity contribution is 6.05. The Morgan fingerprint density at radius 1 is 1.19 bits per heavy atom. The van der Waals surface area contributed by atoms with E-state index >= 15 is 0 Å². The summed E-state index contributed by atoms with van der Waals surface area (Å²) in [6.45, 7) is 2.62. The van der Waals surface area contributed by atoms with Gasteiger partial charge in [-0.15, -0.1) is 0 Å². The van der Waals surface area contributed by atoms with E-state index in [-0.39, 0.29) is 23.1 Å². The first-order valence-corrected chi connectivity index (χ1v) is 10.6. The fourth-order valence-corrected chi connectivity index (χ4v) is 4.27. The van der Waals surface area contributed by atoms with Crippen LogP contribution in [0.2, 0.25) is 0 Å². The van der Waals surface area contributed by atoms with Crippen molar-refractivity contribution in [2.24, 2.45) is 5.16 Å². The lowest BCUT2D eigenvalue weighted by molar-refractivity contribution is -0.143. The largest absolute Gasteiger partial charge is 0.382 e. The van der Waals surface area contributed by atoms with E-state index in [1.807, 2.05) is 31.3 Å². The summed E-state index contributed by atoms with van der Waals surface area (Å²) in [4.78, 5) is 46.2. The fourth-order valence-electron chi connectivity index (χ4n) is 4.27. The maximum atomic E-state index is 13.2. The molecular formula is C23H24N4O4. The van der Waals surface area contributed by atoms with Gasteiger partial charge in [0.1, 0.15) is 5.56 Å². The van der Waals surface area contributed by atoms with E-state index in [1.165, 1.54) is 0 Å². The van der Waals surface area contributed by atoms with Crippen molar-refractivity contribution in [3.05, 3.63) is 63.6 Å². The Kier molecular flexibility index (Phi) is 4.84. The molecule has 31 heavy (non-hydrogen) atoms. The molecule has 5 rings (SSSR count). The van der Waals surface area contributed by atoms with E-state index in [1.54, 1.807) is 21.6 Å². The van der Waals surface area contributed by atoms with Crippen molar-refractivity contribution in [3.63, 3.8) is 0 Å². The zero-order chi connectivity index (χ0) is 21.5. The molecule has 1 saturated carbocycles. The molecule has 2 aromatic rings. The number of anilines is 1. The van der Waals surface area contributed by atoms with E-state index in [4.69, 9.17) is 4.84 Å². The molecule has 1 fully saturated rings. The zero-order valence-electron chi connectivity index (χ0n) is 17.3. The molecule has 1 unspecified atom stereocenters. The molecule has 0 bridgehead atoms. The Labute approximate surface area is 179 Å². The van der Waals surface area contributed by atoms with Gasteiger partial charge >= 0.3 is 0 Å². The van der Waals surface area contributed by atoms with Crippen LogP contribution in [-0.2, 0) is 22.6 Å². The zero-order valence-corrected chi connectivity index (χ0v) is 17.3. The number of pyridine rings is 1. The summed E-state index contributed by atoms with van der Waals surface area (Å²) in [5, 5.41) is 6.73. The van der Waals surface area contributed by atoms with Crippen molar-refractivity contribution in [1.82, 2.24) is 9.47 Å². The van der Waals surface area contributed by atoms with Crippen molar-refractivity contribution in [3.8, 4) is 0 Å². The number of aromatic nitrogens is 1. The van der Waals surface area contributed by atoms with E-state index in [9.17, 15) is 14.4 Å². The molecule has 1 N–H and O–H groups in total. The van der Waals surface area contributed by atoms with Gasteiger partial charge in [0.05, 0.1) is 5.71 Å². The van der Waals surface area contributed by atoms with Crippen molar-refractivity contribution in [1.29, 1.82) is 0 Å². The van der Waals surface area contributed by atoms with Crippen LogP contribution in [0.3, 0.4) is 0 Å². The highest BCUT2D eigenvalue weighted by atomic mass is 16.6. The normalized spacial score (nSPS) is 20.0. The second kappa shape index (κ2) is 7.68. The van der Waals surface area contributed by atoms with Crippen LogP contribution in [-0.4, -0.2) is 39.6 Å². The molecule has 8 nitrogen and oxygen atoms in total. The molecule has 2 amide bonds. The quantitative estimate of drug-likeness (QED) is 0.822. The van der Waals surface area contributed by atoms with Crippen LogP contribution in [0.25, 0.3) is 0 Å². The van der Waals surface area contributed by atoms with E-state index in [0.717, 1.165) is 29.7 Å². The molecule has 2 aliphatic heterocycles. The van der Waals surface area contributed by atoms with Gasteiger partial charge in [0.2, 0.25) is 6.10 Å². The third kappa shape index (κ3) is 3.73. The number of oxime groups is 1. The van der Waals surface area contributed by atoms with Crippen LogP contribution < -0.4 is 10.9 Å².